The number of H-pyrrole nitrogens is 2. The van der Waals surface area contributed by atoms with Crippen molar-refractivity contribution in [1.29, 1.82) is 0 Å². The van der Waals surface area contributed by atoms with Crippen LogP contribution in [0.3, 0.4) is 0 Å². The van der Waals surface area contributed by atoms with Gasteiger partial charge in [0, 0.05) is 124 Å². The van der Waals surface area contributed by atoms with Gasteiger partial charge in [-0.05, 0) is 121 Å². The Balaban J connectivity index is 0.00000455. The molecule has 0 aliphatic carbocycles. The van der Waals surface area contributed by atoms with E-state index >= 15 is 0 Å². The van der Waals surface area contributed by atoms with Gasteiger partial charge in [-0.1, -0.05) is 92.8 Å². The minimum Gasteiger partial charge on any atom is -0.354 e. The van der Waals surface area contributed by atoms with E-state index in [0.717, 1.165) is 0 Å². The average molecular weight is 946 g/mol. The molecule has 0 saturated carbocycles. The second-order valence-electron chi connectivity index (χ2n) is 13.0. The molecule has 8 bridgehead atoms. The monoisotopic (exact) mass is 942 g/mol. The van der Waals surface area contributed by atoms with E-state index in [0.29, 0.717) is 130 Å². The maximum atomic E-state index is 6.94. The smallest absolute Gasteiger partial charge is 0.0737 e. The second-order valence-corrected chi connectivity index (χ2v) is 16.4. The van der Waals surface area contributed by atoms with Crippen LogP contribution in [0.5, 0.6) is 0 Å². The Hall–Kier alpha value is -3.68. The predicted molar refractivity (Wildman–Crippen MR) is 241 cm³/mol. The van der Waals surface area contributed by atoms with Gasteiger partial charge < -0.3 is 9.97 Å². The number of rotatable bonds is 4. The fourth-order valence-corrected chi connectivity index (χ4v) is 8.63. The molecule has 4 nitrogen and oxygen atoms in total. The Morgan fingerprint density at radius 1 is 0.316 bits per heavy atom. The topological polar surface area (TPSA) is 57.4 Å². The molecule has 4 aromatic carbocycles. The first kappa shape index (κ1) is 40.1. The normalized spacial score (nSPS) is 11.9. The minimum absolute atomic E-state index is 0. The summed E-state index contributed by atoms with van der Waals surface area (Å²) in [5, 5.41) is 4.00. The molecule has 5 heterocycles. The van der Waals surface area contributed by atoms with Gasteiger partial charge in [0.05, 0.1) is 22.8 Å². The fourth-order valence-electron chi connectivity index (χ4n) is 7.10. The van der Waals surface area contributed by atoms with Crippen LogP contribution in [-0.2, 0) is 17.1 Å². The summed E-state index contributed by atoms with van der Waals surface area (Å²) in [4.78, 5) is 17.8. The van der Waals surface area contributed by atoms with Crippen LogP contribution in [-0.4, -0.2) is 19.9 Å². The minimum atomic E-state index is 0. The van der Waals surface area contributed by atoms with Gasteiger partial charge in [-0.25, -0.2) is 9.97 Å². The van der Waals surface area contributed by atoms with E-state index < -0.39 is 0 Å². The van der Waals surface area contributed by atoms with Crippen molar-refractivity contribution < 1.29 is 17.1 Å². The van der Waals surface area contributed by atoms with Crippen molar-refractivity contribution in [1.82, 2.24) is 19.9 Å². The molecule has 3 aromatic heterocycles. The van der Waals surface area contributed by atoms with Crippen LogP contribution in [0.25, 0.3) is 90.9 Å². The van der Waals surface area contributed by atoms with Crippen molar-refractivity contribution >= 4 is 139 Å². The first-order valence-corrected chi connectivity index (χ1v) is 20.0. The van der Waals surface area contributed by atoms with Crippen LogP contribution >= 0.6 is 92.8 Å². The number of benzene rings is 4. The molecule has 0 unspecified atom stereocenters. The summed E-state index contributed by atoms with van der Waals surface area (Å²) >= 11 is 54.2. The van der Waals surface area contributed by atoms with Crippen LogP contribution < -0.4 is 0 Å². The van der Waals surface area contributed by atoms with Crippen molar-refractivity contribution in [2.75, 3.05) is 0 Å². The molecule has 0 saturated heterocycles. The first-order valence-electron chi connectivity index (χ1n) is 17.0. The summed E-state index contributed by atoms with van der Waals surface area (Å²) in [5.74, 6) is 0. The van der Waals surface area contributed by atoms with E-state index in [-0.39, 0.29) is 17.1 Å². The number of nitrogens with zero attached hydrogens (tertiary/aromatic N) is 2. The van der Waals surface area contributed by atoms with Crippen LogP contribution in [0.15, 0.2) is 97.1 Å². The Labute approximate surface area is 377 Å². The van der Waals surface area contributed by atoms with E-state index in [1.807, 2.05) is 72.8 Å². The number of aromatic amines is 2. The third kappa shape index (κ3) is 7.57. The summed E-state index contributed by atoms with van der Waals surface area (Å²) in [6, 6.07) is 29.2. The number of hydrogen-bond acceptors (Lipinski definition) is 2. The zero-order valence-electron chi connectivity index (χ0n) is 28.8. The quantitative estimate of drug-likeness (QED) is 0.173. The van der Waals surface area contributed by atoms with Gasteiger partial charge in [0.25, 0.3) is 0 Å². The maximum absolute atomic E-state index is 6.94. The zero-order chi connectivity index (χ0) is 38.8. The van der Waals surface area contributed by atoms with E-state index in [9.17, 15) is 0 Å². The van der Waals surface area contributed by atoms with E-state index in [2.05, 4.69) is 9.97 Å². The molecule has 9 rings (SSSR count). The molecule has 0 atom stereocenters. The zero-order valence-corrected chi connectivity index (χ0v) is 36.0. The molecule has 13 heteroatoms. The average Bonchev–Trinajstić information content (AvgIpc) is 4.01. The Bertz CT molecular complexity index is 2640. The molecule has 2 aliphatic heterocycles. The largest absolute Gasteiger partial charge is 0.354 e. The molecular formula is C44H22Cl8FeN4. The maximum Gasteiger partial charge on any atom is 0.0737 e. The van der Waals surface area contributed by atoms with Gasteiger partial charge in [-0.2, -0.15) is 0 Å². The summed E-state index contributed by atoms with van der Waals surface area (Å²) in [6.07, 6.45) is 7.76. The molecule has 2 N–H and O–H groups in total. The SMILES string of the molecule is Clc1ccc(Cl)c(-c2c3nc(c(-c4cc(Cl)ccc4Cl)c4ccc([nH]4)c(-c4cc(Cl)ccc4Cl)c4nc(c(-c5cc(Cl)ccc5Cl)c5ccc2[nH]5)C=C4)C=C3)c1.[Fe]. The van der Waals surface area contributed by atoms with Crippen molar-refractivity contribution in [3.05, 3.63) is 160 Å². The summed E-state index contributed by atoms with van der Waals surface area (Å²) in [7, 11) is 0. The van der Waals surface area contributed by atoms with Crippen molar-refractivity contribution in [2.45, 2.75) is 0 Å². The van der Waals surface area contributed by atoms with Gasteiger partial charge in [0.15, 0.2) is 0 Å². The van der Waals surface area contributed by atoms with Crippen LogP contribution in [0.1, 0.15) is 22.8 Å². The van der Waals surface area contributed by atoms with Crippen molar-refractivity contribution in [3.63, 3.8) is 0 Å². The molecule has 7 aromatic rings. The molecule has 2 aliphatic rings. The van der Waals surface area contributed by atoms with E-state index in [1.165, 1.54) is 0 Å². The number of hydrogen-bond donors (Lipinski definition) is 2. The van der Waals surface area contributed by atoms with Crippen molar-refractivity contribution in [3.8, 4) is 44.5 Å². The number of nitrogens with one attached hydrogen (secondary N) is 2. The Morgan fingerprint density at radius 2 is 0.544 bits per heavy atom. The van der Waals surface area contributed by atoms with Gasteiger partial charge in [0.1, 0.15) is 0 Å². The molecule has 57 heavy (non-hydrogen) atoms. The van der Waals surface area contributed by atoms with Gasteiger partial charge in [0.2, 0.25) is 0 Å². The molecule has 0 spiro atoms. The van der Waals surface area contributed by atoms with E-state index in [4.69, 9.17) is 103 Å². The van der Waals surface area contributed by atoms with Crippen molar-refractivity contribution in [2.24, 2.45) is 0 Å². The van der Waals surface area contributed by atoms with Gasteiger partial charge in [-0.3, -0.25) is 0 Å². The van der Waals surface area contributed by atoms with Gasteiger partial charge >= 0.3 is 0 Å². The standard InChI is InChI=1S/C44H22Cl8N4.Fe/c45-21-1-5-29(49)25(17-21)41-33-9-11-35(53-33)42(26-18-22(46)2-6-30(26)50)37-13-15-39(55-37)44(28-20-24(48)4-8-32(28)52)40-16-14-38(56-40)43(36-12-10-34(41)54-36)27-19-23(47)3-7-31(27)51;/h1-20,53,56H;. The van der Waals surface area contributed by atoms with E-state index in [1.54, 1.807) is 48.5 Å². The van der Waals surface area contributed by atoms with Crippen LogP contribution in [0, 0.1) is 0 Å². The fraction of sp³-hybridized carbons (Fsp3) is 0. The molecular weight excluding hydrogens is 924 g/mol. The molecule has 0 radical (unpaired) electrons. The Morgan fingerprint density at radius 3 is 0.772 bits per heavy atom. The van der Waals surface area contributed by atoms with Gasteiger partial charge in [-0.15, -0.1) is 0 Å². The number of fused-ring (bicyclic) bond motifs is 8. The third-order valence-electron chi connectivity index (χ3n) is 9.54. The molecule has 282 valence electrons. The Kier molecular flexibility index (Phi) is 11.4. The second kappa shape index (κ2) is 16.2. The molecule has 0 fully saturated rings. The first-order chi connectivity index (χ1) is 27.0. The summed E-state index contributed by atoms with van der Waals surface area (Å²) in [5.41, 5.74) is 10.9. The van der Waals surface area contributed by atoms with Crippen LogP contribution in [0.4, 0.5) is 0 Å². The van der Waals surface area contributed by atoms with Crippen LogP contribution in [0.2, 0.25) is 40.2 Å². The summed E-state index contributed by atoms with van der Waals surface area (Å²) in [6.45, 7) is 0. The number of halogens is 8. The number of aromatic nitrogens is 4. The summed E-state index contributed by atoms with van der Waals surface area (Å²) < 4.78 is 0. The molecule has 0 amide bonds. The third-order valence-corrected chi connectivity index (χ3v) is 11.8. The predicted octanol–water partition coefficient (Wildman–Crippen LogP) is 16.5.